The summed E-state index contributed by atoms with van der Waals surface area (Å²) in [7, 11) is 1.41. The predicted molar refractivity (Wildman–Crippen MR) is 75.3 cm³/mol. The van der Waals surface area contributed by atoms with E-state index in [0.717, 1.165) is 12.0 Å². The average molecular weight is 320 g/mol. The van der Waals surface area contributed by atoms with Crippen molar-refractivity contribution in [3.8, 4) is 5.75 Å². The van der Waals surface area contributed by atoms with Gasteiger partial charge < -0.3 is 10.1 Å². The molecular formula is C15H20F4N2O. The molecule has 7 heteroatoms. The van der Waals surface area contributed by atoms with Gasteiger partial charge in [0.05, 0.1) is 13.7 Å². The molecular weight excluding hydrogens is 300 g/mol. The van der Waals surface area contributed by atoms with Crippen LogP contribution in [0, 0.1) is 11.7 Å². The summed E-state index contributed by atoms with van der Waals surface area (Å²) < 4.78 is 55.3. The highest BCUT2D eigenvalue weighted by molar-refractivity contribution is 5.29. The van der Waals surface area contributed by atoms with Crippen LogP contribution in [0.15, 0.2) is 18.2 Å². The van der Waals surface area contributed by atoms with Gasteiger partial charge in [0.25, 0.3) is 0 Å². The minimum Gasteiger partial charge on any atom is -0.494 e. The Kier molecular flexibility index (Phi) is 5.63. The maximum atomic E-state index is 13.5. The Morgan fingerprint density at radius 3 is 2.77 bits per heavy atom. The first-order chi connectivity index (χ1) is 10.4. The molecule has 0 aromatic heterocycles. The highest BCUT2D eigenvalue weighted by atomic mass is 19.4. The van der Waals surface area contributed by atoms with E-state index < -0.39 is 18.5 Å². The fourth-order valence-corrected chi connectivity index (χ4v) is 2.72. The number of hydrogen-bond acceptors (Lipinski definition) is 3. The van der Waals surface area contributed by atoms with Gasteiger partial charge in [-0.2, -0.15) is 13.2 Å². The lowest BCUT2D eigenvalue weighted by molar-refractivity contribution is -0.143. The first kappa shape index (κ1) is 17.0. The van der Waals surface area contributed by atoms with E-state index in [1.807, 2.05) is 0 Å². The number of nitrogens with zero attached hydrogens (tertiary/aromatic N) is 1. The molecule has 1 aliphatic heterocycles. The minimum absolute atomic E-state index is 0.197. The number of nitrogens with one attached hydrogen (secondary N) is 1. The molecule has 1 aromatic rings. The normalized spacial score (nSPS) is 19.6. The lowest BCUT2D eigenvalue weighted by Crippen LogP contribution is -2.33. The molecule has 0 spiro atoms. The van der Waals surface area contributed by atoms with E-state index in [2.05, 4.69) is 5.32 Å². The van der Waals surface area contributed by atoms with Gasteiger partial charge in [0, 0.05) is 13.1 Å². The summed E-state index contributed by atoms with van der Waals surface area (Å²) >= 11 is 0. The summed E-state index contributed by atoms with van der Waals surface area (Å²) in [6, 6.07) is 4.73. The Morgan fingerprint density at radius 1 is 1.36 bits per heavy atom. The molecule has 2 rings (SSSR count). The van der Waals surface area contributed by atoms with Crippen LogP contribution in [0.1, 0.15) is 12.0 Å². The number of rotatable bonds is 6. The summed E-state index contributed by atoms with van der Waals surface area (Å²) in [5, 5.41) is 3.18. The molecule has 0 amide bonds. The summed E-state index contributed by atoms with van der Waals surface area (Å²) in [6.45, 7) is 1.19. The fourth-order valence-electron chi connectivity index (χ4n) is 2.72. The maximum absolute atomic E-state index is 13.5. The van der Waals surface area contributed by atoms with Gasteiger partial charge in [-0.05, 0) is 43.1 Å². The summed E-state index contributed by atoms with van der Waals surface area (Å²) in [6.07, 6.45) is -3.39. The molecule has 1 saturated heterocycles. The molecule has 1 aromatic carbocycles. The quantitative estimate of drug-likeness (QED) is 0.816. The topological polar surface area (TPSA) is 24.5 Å². The summed E-state index contributed by atoms with van der Waals surface area (Å²) in [4.78, 5) is 1.43. The van der Waals surface area contributed by atoms with Gasteiger partial charge in [0.15, 0.2) is 11.6 Å². The third-order valence-electron chi connectivity index (χ3n) is 3.75. The number of halogens is 4. The largest absolute Gasteiger partial charge is 0.494 e. The zero-order chi connectivity index (χ0) is 16.2. The molecule has 0 radical (unpaired) electrons. The number of hydrogen-bond donors (Lipinski definition) is 1. The predicted octanol–water partition coefficient (Wildman–Crippen LogP) is 2.81. The smallest absolute Gasteiger partial charge is 0.401 e. The second-order valence-electron chi connectivity index (χ2n) is 5.60. The van der Waals surface area contributed by atoms with Crippen molar-refractivity contribution in [3.63, 3.8) is 0 Å². The number of benzene rings is 1. The molecule has 124 valence electrons. The van der Waals surface area contributed by atoms with Crippen LogP contribution in [0.5, 0.6) is 5.75 Å². The van der Waals surface area contributed by atoms with Gasteiger partial charge >= 0.3 is 6.18 Å². The van der Waals surface area contributed by atoms with E-state index in [1.165, 1.54) is 18.1 Å². The van der Waals surface area contributed by atoms with Crippen molar-refractivity contribution < 1.29 is 22.3 Å². The second kappa shape index (κ2) is 7.28. The van der Waals surface area contributed by atoms with Gasteiger partial charge in [-0.3, -0.25) is 4.90 Å². The van der Waals surface area contributed by atoms with Crippen LogP contribution in [0.3, 0.4) is 0 Å². The zero-order valence-electron chi connectivity index (χ0n) is 12.4. The van der Waals surface area contributed by atoms with E-state index in [-0.39, 0.29) is 11.7 Å². The van der Waals surface area contributed by atoms with Crippen molar-refractivity contribution in [2.24, 2.45) is 5.92 Å². The number of methoxy groups -OCH3 is 1. The molecule has 3 nitrogen and oxygen atoms in total. The molecule has 1 heterocycles. The minimum atomic E-state index is -4.14. The molecule has 0 unspecified atom stereocenters. The van der Waals surface area contributed by atoms with E-state index >= 15 is 0 Å². The zero-order valence-corrected chi connectivity index (χ0v) is 12.4. The molecule has 1 N–H and O–H groups in total. The number of ether oxygens (including phenoxy) is 1. The van der Waals surface area contributed by atoms with Crippen LogP contribution in [-0.4, -0.2) is 44.4 Å². The third kappa shape index (κ3) is 5.14. The van der Waals surface area contributed by atoms with Crippen molar-refractivity contribution in [1.29, 1.82) is 0 Å². The van der Waals surface area contributed by atoms with Crippen LogP contribution in [0.25, 0.3) is 0 Å². The number of likely N-dealkylation sites (tertiary alicyclic amines) is 1. The Hall–Kier alpha value is -1.34. The van der Waals surface area contributed by atoms with Gasteiger partial charge in [0.1, 0.15) is 0 Å². The van der Waals surface area contributed by atoms with Crippen molar-refractivity contribution in [2.75, 3.05) is 33.3 Å². The van der Waals surface area contributed by atoms with Gasteiger partial charge in [-0.15, -0.1) is 0 Å². The fraction of sp³-hybridized carbons (Fsp3) is 0.600. The summed E-state index contributed by atoms with van der Waals surface area (Å²) in [5.74, 6) is -0.0215. The Bertz CT molecular complexity index is 493. The van der Waals surface area contributed by atoms with Crippen molar-refractivity contribution in [2.45, 2.75) is 19.1 Å². The Morgan fingerprint density at radius 2 is 2.14 bits per heavy atom. The van der Waals surface area contributed by atoms with E-state index in [1.54, 1.807) is 12.1 Å². The van der Waals surface area contributed by atoms with E-state index in [0.29, 0.717) is 26.2 Å². The molecule has 1 fully saturated rings. The summed E-state index contributed by atoms with van der Waals surface area (Å²) in [5.41, 5.74) is 0.781. The van der Waals surface area contributed by atoms with Gasteiger partial charge in [-0.1, -0.05) is 6.07 Å². The number of alkyl halides is 3. The Balaban J connectivity index is 1.72. The van der Waals surface area contributed by atoms with Crippen LogP contribution in [0.2, 0.25) is 0 Å². The molecule has 1 aliphatic rings. The molecule has 0 bridgehead atoms. The van der Waals surface area contributed by atoms with E-state index in [9.17, 15) is 17.6 Å². The second-order valence-corrected chi connectivity index (χ2v) is 5.60. The van der Waals surface area contributed by atoms with Gasteiger partial charge in [0.2, 0.25) is 0 Å². The molecule has 1 atom stereocenters. The van der Waals surface area contributed by atoms with Crippen molar-refractivity contribution in [1.82, 2.24) is 10.2 Å². The van der Waals surface area contributed by atoms with Crippen LogP contribution < -0.4 is 10.1 Å². The monoisotopic (exact) mass is 320 g/mol. The Labute approximate surface area is 127 Å². The highest BCUT2D eigenvalue weighted by Gasteiger charge is 2.34. The average Bonchev–Trinajstić information content (AvgIpc) is 2.84. The molecule has 22 heavy (non-hydrogen) atoms. The third-order valence-corrected chi connectivity index (χ3v) is 3.75. The van der Waals surface area contributed by atoms with Crippen molar-refractivity contribution in [3.05, 3.63) is 29.6 Å². The van der Waals surface area contributed by atoms with Crippen molar-refractivity contribution >= 4 is 0 Å². The SMILES string of the molecule is COc1ccc(CNC[C@H]2CCN(CC(F)(F)F)C2)cc1F. The molecule has 0 aliphatic carbocycles. The van der Waals surface area contributed by atoms with Gasteiger partial charge in [-0.25, -0.2) is 4.39 Å². The first-order valence-electron chi connectivity index (χ1n) is 7.19. The van der Waals surface area contributed by atoms with Crippen LogP contribution in [0.4, 0.5) is 17.6 Å². The lowest BCUT2D eigenvalue weighted by Gasteiger charge is -2.18. The standard InChI is InChI=1S/C15H20F4N2O/c1-22-14-3-2-11(6-13(14)16)7-20-8-12-4-5-21(9-12)10-15(17,18)19/h2-3,6,12,20H,4-5,7-10H2,1H3/t12-/m1/s1. The first-order valence-corrected chi connectivity index (χ1v) is 7.19. The lowest BCUT2D eigenvalue weighted by atomic mass is 10.1. The molecule has 0 saturated carbocycles. The maximum Gasteiger partial charge on any atom is 0.401 e. The highest BCUT2D eigenvalue weighted by Crippen LogP contribution is 2.22. The van der Waals surface area contributed by atoms with E-state index in [4.69, 9.17) is 4.74 Å². The van der Waals surface area contributed by atoms with Crippen LogP contribution >= 0.6 is 0 Å². The van der Waals surface area contributed by atoms with Crippen LogP contribution in [-0.2, 0) is 6.54 Å².